The van der Waals surface area contributed by atoms with Gasteiger partial charge in [-0.25, -0.2) is 0 Å². The third kappa shape index (κ3) is 4.02. The molecule has 156 valence electrons. The molecule has 1 aromatic carbocycles. The van der Waals surface area contributed by atoms with Gasteiger partial charge in [0.05, 0.1) is 31.6 Å². The fourth-order valence-corrected chi connectivity index (χ4v) is 4.46. The Morgan fingerprint density at radius 1 is 1.38 bits per heavy atom. The summed E-state index contributed by atoms with van der Waals surface area (Å²) in [5.41, 5.74) is 4.03. The molecule has 2 aromatic rings. The van der Waals surface area contributed by atoms with Crippen LogP contribution in [0, 0.1) is 5.92 Å². The molecule has 2 aliphatic rings. The molecule has 7 nitrogen and oxygen atoms in total. The van der Waals surface area contributed by atoms with Crippen LogP contribution in [0.2, 0.25) is 0 Å². The zero-order valence-corrected chi connectivity index (χ0v) is 17.2. The van der Waals surface area contributed by atoms with Gasteiger partial charge in [-0.3, -0.25) is 9.48 Å². The van der Waals surface area contributed by atoms with Crippen LogP contribution in [0.4, 0.5) is 5.69 Å². The fraction of sp³-hybridized carbons (Fsp3) is 0.545. The van der Waals surface area contributed by atoms with Crippen molar-refractivity contribution in [1.82, 2.24) is 15.1 Å². The Bertz CT molecular complexity index is 873. The molecule has 7 heteroatoms. The number of anilines is 1. The number of hydrogen-bond acceptors (Lipinski definition) is 5. The molecule has 1 aromatic heterocycles. The molecule has 2 N–H and O–H groups in total. The van der Waals surface area contributed by atoms with Gasteiger partial charge in [0.25, 0.3) is 0 Å². The van der Waals surface area contributed by atoms with Gasteiger partial charge in [0, 0.05) is 48.3 Å². The van der Waals surface area contributed by atoms with Crippen molar-refractivity contribution in [3.8, 4) is 16.9 Å². The summed E-state index contributed by atoms with van der Waals surface area (Å²) >= 11 is 0. The first-order valence-electron chi connectivity index (χ1n) is 10.5. The lowest BCUT2D eigenvalue weighted by molar-refractivity contribution is -0.117. The average molecular weight is 399 g/mol. The standard InChI is InChI=1S/C22H30N4O3/c1-15-3-4-20-21(26(15)16(2)28)6-5-19(18-12-24-25(13-18)9-10-27)22(20)29-14-17-7-8-23-11-17/h5-6,12-13,15,17,23,27H,3-4,7-11,14H2,1-2H3. The Balaban J connectivity index is 1.74. The third-order valence-electron chi connectivity index (χ3n) is 5.99. The van der Waals surface area contributed by atoms with Crippen molar-refractivity contribution >= 4 is 11.6 Å². The van der Waals surface area contributed by atoms with E-state index >= 15 is 0 Å². The van der Waals surface area contributed by atoms with E-state index in [0.717, 1.165) is 60.5 Å². The number of nitrogens with one attached hydrogen (secondary N) is 1. The highest BCUT2D eigenvalue weighted by molar-refractivity contribution is 5.95. The Hall–Kier alpha value is -2.38. The number of aromatic nitrogens is 2. The monoisotopic (exact) mass is 398 g/mol. The minimum absolute atomic E-state index is 0.0504. The van der Waals surface area contributed by atoms with Gasteiger partial charge in [0.2, 0.25) is 5.91 Å². The van der Waals surface area contributed by atoms with E-state index in [1.54, 1.807) is 11.6 Å². The molecule has 4 rings (SSSR count). The van der Waals surface area contributed by atoms with E-state index in [0.29, 0.717) is 19.1 Å². The summed E-state index contributed by atoms with van der Waals surface area (Å²) in [7, 11) is 0. The van der Waals surface area contributed by atoms with E-state index in [4.69, 9.17) is 4.74 Å². The predicted molar refractivity (Wildman–Crippen MR) is 112 cm³/mol. The number of ether oxygens (including phenoxy) is 1. The van der Waals surface area contributed by atoms with Crippen LogP contribution in [0.1, 0.15) is 32.3 Å². The maximum Gasteiger partial charge on any atom is 0.224 e. The van der Waals surface area contributed by atoms with Crippen molar-refractivity contribution in [1.29, 1.82) is 0 Å². The second-order valence-corrected chi connectivity index (χ2v) is 8.10. The third-order valence-corrected chi connectivity index (χ3v) is 5.99. The van der Waals surface area contributed by atoms with Crippen LogP contribution in [0.25, 0.3) is 11.1 Å². The van der Waals surface area contributed by atoms with Gasteiger partial charge in [-0.05, 0) is 44.9 Å². The number of nitrogens with zero attached hydrogens (tertiary/aromatic N) is 3. The number of aliphatic hydroxyl groups is 1. The number of carbonyl (C=O) groups excluding carboxylic acids is 1. The minimum Gasteiger partial charge on any atom is -0.492 e. The van der Waals surface area contributed by atoms with Gasteiger partial charge < -0.3 is 20.1 Å². The summed E-state index contributed by atoms with van der Waals surface area (Å²) in [5, 5.41) is 16.9. The predicted octanol–water partition coefficient (Wildman–Crippen LogP) is 2.22. The summed E-state index contributed by atoms with van der Waals surface area (Å²) in [5.74, 6) is 1.44. The minimum atomic E-state index is 0.0504. The number of benzene rings is 1. The Labute approximate surface area is 171 Å². The topological polar surface area (TPSA) is 79.6 Å². The average Bonchev–Trinajstić information content (AvgIpc) is 3.37. The van der Waals surface area contributed by atoms with Crippen molar-refractivity contribution in [2.75, 3.05) is 31.2 Å². The molecule has 2 unspecified atom stereocenters. The molecule has 0 aliphatic carbocycles. The molecule has 1 fully saturated rings. The summed E-state index contributed by atoms with van der Waals surface area (Å²) in [6, 6.07) is 4.26. The van der Waals surface area contributed by atoms with Crippen LogP contribution in [-0.2, 0) is 17.8 Å². The molecule has 2 atom stereocenters. The van der Waals surface area contributed by atoms with Crippen LogP contribution in [0.3, 0.4) is 0 Å². The molecular formula is C22H30N4O3. The van der Waals surface area contributed by atoms with E-state index in [9.17, 15) is 9.90 Å². The molecule has 29 heavy (non-hydrogen) atoms. The first-order chi connectivity index (χ1) is 14.1. The summed E-state index contributed by atoms with van der Waals surface area (Å²) in [6.07, 6.45) is 6.68. The van der Waals surface area contributed by atoms with Crippen LogP contribution < -0.4 is 15.0 Å². The molecule has 0 radical (unpaired) electrons. The van der Waals surface area contributed by atoms with Crippen LogP contribution in [0.15, 0.2) is 24.5 Å². The zero-order valence-electron chi connectivity index (χ0n) is 17.2. The lowest BCUT2D eigenvalue weighted by Crippen LogP contribution is -2.40. The highest BCUT2D eigenvalue weighted by Crippen LogP contribution is 2.43. The van der Waals surface area contributed by atoms with E-state index in [1.165, 1.54) is 0 Å². The molecule has 0 saturated carbocycles. The van der Waals surface area contributed by atoms with E-state index in [2.05, 4.69) is 17.3 Å². The lowest BCUT2D eigenvalue weighted by Gasteiger charge is -2.36. The number of rotatable bonds is 6. The second-order valence-electron chi connectivity index (χ2n) is 8.10. The summed E-state index contributed by atoms with van der Waals surface area (Å²) in [6.45, 7) is 6.92. The maximum atomic E-state index is 12.3. The smallest absolute Gasteiger partial charge is 0.224 e. The molecule has 0 spiro atoms. The van der Waals surface area contributed by atoms with Crippen molar-refractivity contribution in [3.05, 3.63) is 30.1 Å². The van der Waals surface area contributed by atoms with Crippen LogP contribution in [-0.4, -0.2) is 53.1 Å². The Morgan fingerprint density at radius 2 is 2.24 bits per heavy atom. The molecule has 2 aliphatic heterocycles. The lowest BCUT2D eigenvalue weighted by atomic mass is 9.92. The van der Waals surface area contributed by atoms with Gasteiger partial charge in [0.1, 0.15) is 5.75 Å². The first kappa shape index (κ1) is 19.9. The molecule has 0 bridgehead atoms. The van der Waals surface area contributed by atoms with E-state index in [-0.39, 0.29) is 18.6 Å². The van der Waals surface area contributed by atoms with Crippen LogP contribution in [0.5, 0.6) is 5.75 Å². The second kappa shape index (κ2) is 8.55. The SMILES string of the molecule is CC(=O)N1c2ccc(-c3cnn(CCO)c3)c(OCC3CCNC3)c2CCC1C. The highest BCUT2D eigenvalue weighted by Gasteiger charge is 2.30. The van der Waals surface area contributed by atoms with Crippen molar-refractivity contribution < 1.29 is 14.6 Å². The van der Waals surface area contributed by atoms with Crippen molar-refractivity contribution in [3.63, 3.8) is 0 Å². The Morgan fingerprint density at radius 3 is 2.97 bits per heavy atom. The van der Waals surface area contributed by atoms with Crippen molar-refractivity contribution in [2.24, 2.45) is 5.92 Å². The Kier molecular flexibility index (Phi) is 5.87. The summed E-state index contributed by atoms with van der Waals surface area (Å²) < 4.78 is 8.18. The van der Waals surface area contributed by atoms with E-state index < -0.39 is 0 Å². The van der Waals surface area contributed by atoms with E-state index in [1.807, 2.05) is 29.4 Å². The zero-order chi connectivity index (χ0) is 20.4. The van der Waals surface area contributed by atoms with Crippen molar-refractivity contribution in [2.45, 2.75) is 45.7 Å². The number of aliphatic hydroxyl groups excluding tert-OH is 1. The largest absolute Gasteiger partial charge is 0.492 e. The molecular weight excluding hydrogens is 368 g/mol. The molecule has 1 saturated heterocycles. The van der Waals surface area contributed by atoms with Gasteiger partial charge >= 0.3 is 0 Å². The molecule has 1 amide bonds. The van der Waals surface area contributed by atoms with Crippen LogP contribution >= 0.6 is 0 Å². The molecule has 3 heterocycles. The quantitative estimate of drug-likeness (QED) is 0.780. The first-order valence-corrected chi connectivity index (χ1v) is 10.5. The van der Waals surface area contributed by atoms with Gasteiger partial charge in [-0.15, -0.1) is 0 Å². The number of amides is 1. The van der Waals surface area contributed by atoms with Gasteiger partial charge in [0.15, 0.2) is 0 Å². The summed E-state index contributed by atoms with van der Waals surface area (Å²) in [4.78, 5) is 14.2. The van der Waals surface area contributed by atoms with Gasteiger partial charge in [-0.1, -0.05) is 0 Å². The number of carbonyl (C=O) groups is 1. The van der Waals surface area contributed by atoms with Gasteiger partial charge in [-0.2, -0.15) is 5.10 Å². The normalized spacial score (nSPS) is 21.3. The number of fused-ring (bicyclic) bond motifs is 1. The highest BCUT2D eigenvalue weighted by atomic mass is 16.5. The number of hydrogen-bond donors (Lipinski definition) is 2. The fourth-order valence-electron chi connectivity index (χ4n) is 4.46. The maximum absolute atomic E-state index is 12.3.